The largest absolute Gasteiger partial charge is 0.339 e. The number of hydrogen-bond acceptors (Lipinski definition) is 5. The fourth-order valence-electron chi connectivity index (χ4n) is 2.20. The maximum atomic E-state index is 12.2. The van der Waals surface area contributed by atoms with Crippen LogP contribution in [-0.2, 0) is 17.6 Å². The molecule has 0 fully saturated rings. The van der Waals surface area contributed by atoms with Crippen molar-refractivity contribution in [1.29, 1.82) is 0 Å². The van der Waals surface area contributed by atoms with Crippen molar-refractivity contribution >= 4 is 34.5 Å². The number of benzene rings is 1. The Bertz CT molecular complexity index is 855. The van der Waals surface area contributed by atoms with Gasteiger partial charge in [-0.3, -0.25) is 4.79 Å². The SMILES string of the molecule is CCc1nc(-c2cc(NC(=O)Cc3ccc(Cl)cc3)c(C)s2)no1. The molecule has 2 aromatic heterocycles. The maximum absolute atomic E-state index is 12.2. The Morgan fingerprint density at radius 3 is 2.75 bits per heavy atom. The van der Waals surface area contributed by atoms with Gasteiger partial charge >= 0.3 is 0 Å². The van der Waals surface area contributed by atoms with Crippen molar-refractivity contribution in [2.45, 2.75) is 26.7 Å². The van der Waals surface area contributed by atoms with Crippen LogP contribution in [0.2, 0.25) is 5.02 Å². The van der Waals surface area contributed by atoms with E-state index in [0.29, 0.717) is 29.6 Å². The standard InChI is InChI=1S/C17H16ClN3O2S/c1-3-16-20-17(21-23-16)14-9-13(10(2)24-14)19-15(22)8-11-4-6-12(18)7-5-11/h4-7,9H,3,8H2,1-2H3,(H,19,22). The summed E-state index contributed by atoms with van der Waals surface area (Å²) in [6.45, 7) is 3.91. The third kappa shape index (κ3) is 3.83. The molecule has 124 valence electrons. The van der Waals surface area contributed by atoms with Gasteiger partial charge < -0.3 is 9.84 Å². The Labute approximate surface area is 148 Å². The summed E-state index contributed by atoms with van der Waals surface area (Å²) < 4.78 is 5.13. The first kappa shape index (κ1) is 16.7. The quantitative estimate of drug-likeness (QED) is 0.726. The molecule has 2 heterocycles. The lowest BCUT2D eigenvalue weighted by molar-refractivity contribution is -0.115. The minimum Gasteiger partial charge on any atom is -0.339 e. The summed E-state index contributed by atoms with van der Waals surface area (Å²) in [5, 5.41) is 7.56. The zero-order valence-electron chi connectivity index (χ0n) is 13.3. The second-order valence-corrected chi connectivity index (χ2v) is 6.99. The molecule has 0 radical (unpaired) electrons. The molecule has 0 aliphatic rings. The molecule has 0 saturated carbocycles. The van der Waals surface area contributed by atoms with Crippen molar-refractivity contribution in [3.63, 3.8) is 0 Å². The molecule has 3 aromatic rings. The normalized spacial score (nSPS) is 10.8. The Kier molecular flexibility index (Phi) is 4.97. The lowest BCUT2D eigenvalue weighted by Crippen LogP contribution is -2.14. The van der Waals surface area contributed by atoms with Crippen LogP contribution in [0.15, 0.2) is 34.9 Å². The van der Waals surface area contributed by atoms with Crippen LogP contribution in [0.1, 0.15) is 23.3 Å². The van der Waals surface area contributed by atoms with Crippen LogP contribution in [0, 0.1) is 6.92 Å². The number of aryl methyl sites for hydroxylation is 2. The predicted molar refractivity (Wildman–Crippen MR) is 95.5 cm³/mol. The number of nitrogens with zero attached hydrogens (tertiary/aromatic N) is 2. The Balaban J connectivity index is 1.70. The molecule has 0 saturated heterocycles. The van der Waals surface area contributed by atoms with Gasteiger partial charge in [-0.1, -0.05) is 35.8 Å². The van der Waals surface area contributed by atoms with Gasteiger partial charge in [-0.05, 0) is 30.7 Å². The van der Waals surface area contributed by atoms with Crippen molar-refractivity contribution in [3.05, 3.63) is 51.7 Å². The molecule has 5 nitrogen and oxygen atoms in total. The van der Waals surface area contributed by atoms with Crippen molar-refractivity contribution in [1.82, 2.24) is 10.1 Å². The van der Waals surface area contributed by atoms with Crippen molar-refractivity contribution in [3.8, 4) is 10.7 Å². The third-order valence-electron chi connectivity index (χ3n) is 3.46. The average molecular weight is 362 g/mol. The molecular weight excluding hydrogens is 346 g/mol. The van der Waals surface area contributed by atoms with Crippen LogP contribution in [0.5, 0.6) is 0 Å². The Morgan fingerprint density at radius 2 is 2.08 bits per heavy atom. The lowest BCUT2D eigenvalue weighted by Gasteiger charge is -2.04. The summed E-state index contributed by atoms with van der Waals surface area (Å²) in [7, 11) is 0. The van der Waals surface area contributed by atoms with Gasteiger partial charge in [-0.2, -0.15) is 4.98 Å². The van der Waals surface area contributed by atoms with E-state index in [1.165, 1.54) is 11.3 Å². The van der Waals surface area contributed by atoms with Crippen LogP contribution in [0.4, 0.5) is 5.69 Å². The van der Waals surface area contributed by atoms with Gasteiger partial charge in [0.2, 0.25) is 17.6 Å². The highest BCUT2D eigenvalue weighted by atomic mass is 35.5. The molecule has 0 bridgehead atoms. The zero-order valence-corrected chi connectivity index (χ0v) is 14.9. The Hall–Kier alpha value is -2.18. The number of carbonyl (C=O) groups is 1. The topological polar surface area (TPSA) is 68.0 Å². The number of carbonyl (C=O) groups excluding carboxylic acids is 1. The minimum absolute atomic E-state index is 0.0767. The molecule has 3 rings (SSSR count). The van der Waals surface area contributed by atoms with E-state index in [1.807, 2.05) is 32.0 Å². The van der Waals surface area contributed by atoms with Crippen LogP contribution >= 0.6 is 22.9 Å². The third-order valence-corrected chi connectivity index (χ3v) is 4.76. The summed E-state index contributed by atoms with van der Waals surface area (Å²) in [5.41, 5.74) is 1.69. The Morgan fingerprint density at radius 1 is 1.33 bits per heavy atom. The van der Waals surface area contributed by atoms with Crippen molar-refractivity contribution < 1.29 is 9.32 Å². The van der Waals surface area contributed by atoms with E-state index in [-0.39, 0.29) is 5.91 Å². The number of rotatable bonds is 5. The van der Waals surface area contributed by atoms with Crippen molar-refractivity contribution in [2.24, 2.45) is 0 Å². The second-order valence-electron chi connectivity index (χ2n) is 5.30. The second kappa shape index (κ2) is 7.15. The van der Waals surface area contributed by atoms with E-state index in [1.54, 1.807) is 12.1 Å². The van der Waals surface area contributed by atoms with Gasteiger partial charge in [0.15, 0.2) is 0 Å². The van der Waals surface area contributed by atoms with E-state index < -0.39 is 0 Å². The monoisotopic (exact) mass is 361 g/mol. The molecule has 24 heavy (non-hydrogen) atoms. The summed E-state index contributed by atoms with van der Waals surface area (Å²) in [4.78, 5) is 18.4. The highest BCUT2D eigenvalue weighted by Gasteiger charge is 2.14. The molecule has 0 aliphatic carbocycles. The average Bonchev–Trinajstić information content (AvgIpc) is 3.17. The summed E-state index contributed by atoms with van der Waals surface area (Å²) >= 11 is 7.38. The molecule has 0 unspecified atom stereocenters. The van der Waals surface area contributed by atoms with E-state index in [9.17, 15) is 4.79 Å². The number of aromatic nitrogens is 2. The van der Waals surface area contributed by atoms with Crippen LogP contribution in [0.25, 0.3) is 10.7 Å². The molecule has 0 atom stereocenters. The molecule has 1 amide bonds. The highest BCUT2D eigenvalue weighted by molar-refractivity contribution is 7.16. The van der Waals surface area contributed by atoms with Gasteiger partial charge in [-0.15, -0.1) is 11.3 Å². The van der Waals surface area contributed by atoms with E-state index in [2.05, 4.69) is 15.5 Å². The maximum Gasteiger partial charge on any atom is 0.228 e. The van der Waals surface area contributed by atoms with Gasteiger partial charge in [0.1, 0.15) is 0 Å². The number of amides is 1. The fourth-order valence-corrected chi connectivity index (χ4v) is 3.22. The summed E-state index contributed by atoms with van der Waals surface area (Å²) in [5.74, 6) is 1.08. The molecular formula is C17H16ClN3O2S. The highest BCUT2D eigenvalue weighted by Crippen LogP contribution is 2.32. The van der Waals surface area contributed by atoms with Crippen molar-refractivity contribution in [2.75, 3.05) is 5.32 Å². The van der Waals surface area contributed by atoms with Gasteiger partial charge in [0, 0.05) is 16.3 Å². The molecule has 1 N–H and O–H groups in total. The van der Waals surface area contributed by atoms with Gasteiger partial charge in [0.05, 0.1) is 17.0 Å². The molecule has 7 heteroatoms. The van der Waals surface area contributed by atoms with Crippen LogP contribution < -0.4 is 5.32 Å². The first-order valence-corrected chi connectivity index (χ1v) is 8.72. The number of halogens is 1. The first-order chi connectivity index (χ1) is 11.5. The van der Waals surface area contributed by atoms with Gasteiger partial charge in [-0.25, -0.2) is 0 Å². The summed E-state index contributed by atoms with van der Waals surface area (Å²) in [6, 6.07) is 9.13. The van der Waals surface area contributed by atoms with Gasteiger partial charge in [0.25, 0.3) is 0 Å². The van der Waals surface area contributed by atoms with Crippen LogP contribution in [-0.4, -0.2) is 16.0 Å². The minimum atomic E-state index is -0.0767. The smallest absolute Gasteiger partial charge is 0.228 e. The molecule has 0 aliphatic heterocycles. The fraction of sp³-hybridized carbons (Fsp3) is 0.235. The van der Waals surface area contributed by atoms with E-state index in [4.69, 9.17) is 16.1 Å². The number of hydrogen-bond donors (Lipinski definition) is 1. The number of thiophene rings is 1. The molecule has 1 aromatic carbocycles. The lowest BCUT2D eigenvalue weighted by atomic mass is 10.1. The number of nitrogens with one attached hydrogen (secondary N) is 1. The number of anilines is 1. The zero-order chi connectivity index (χ0) is 17.1. The first-order valence-electron chi connectivity index (χ1n) is 7.53. The van der Waals surface area contributed by atoms with E-state index >= 15 is 0 Å². The van der Waals surface area contributed by atoms with E-state index in [0.717, 1.165) is 21.0 Å². The van der Waals surface area contributed by atoms with Crippen LogP contribution in [0.3, 0.4) is 0 Å². The predicted octanol–water partition coefficient (Wildman–Crippen LogP) is 4.50. The summed E-state index contributed by atoms with van der Waals surface area (Å²) in [6.07, 6.45) is 0.992. The molecule has 0 spiro atoms.